The van der Waals surface area contributed by atoms with E-state index in [1.807, 2.05) is 4.90 Å². The standard InChI is InChI=1S/C16H24N4O2/c1-19-7-4-14(5-8-19)20(6-3-9-22-2)16(21)15-10-13(11-17)12-18-15/h10,12,14,18H,3-9H2,1-2H3. The predicted octanol–water partition coefficient (Wildman–Crippen LogP) is 1.46. The molecule has 1 aliphatic heterocycles. The zero-order valence-electron chi connectivity index (χ0n) is 13.3. The maximum absolute atomic E-state index is 12.8. The van der Waals surface area contributed by atoms with Crippen molar-refractivity contribution in [1.82, 2.24) is 14.8 Å². The van der Waals surface area contributed by atoms with Crippen LogP contribution in [-0.4, -0.2) is 67.1 Å². The van der Waals surface area contributed by atoms with Crippen LogP contribution in [0.4, 0.5) is 0 Å². The van der Waals surface area contributed by atoms with Crippen LogP contribution in [0.1, 0.15) is 35.3 Å². The third-order valence-electron chi connectivity index (χ3n) is 4.18. The van der Waals surface area contributed by atoms with E-state index in [0.29, 0.717) is 24.4 Å². The van der Waals surface area contributed by atoms with Crippen molar-refractivity contribution in [3.63, 3.8) is 0 Å². The number of nitrogens with zero attached hydrogens (tertiary/aromatic N) is 3. The van der Waals surface area contributed by atoms with E-state index in [1.54, 1.807) is 19.4 Å². The Morgan fingerprint density at radius 2 is 2.27 bits per heavy atom. The molecule has 1 N–H and O–H groups in total. The van der Waals surface area contributed by atoms with Gasteiger partial charge in [-0.2, -0.15) is 5.26 Å². The van der Waals surface area contributed by atoms with Gasteiger partial charge in [0.25, 0.3) is 5.91 Å². The van der Waals surface area contributed by atoms with Gasteiger partial charge in [0, 0.05) is 32.5 Å². The van der Waals surface area contributed by atoms with E-state index in [9.17, 15) is 4.79 Å². The summed E-state index contributed by atoms with van der Waals surface area (Å²) in [5, 5.41) is 8.91. The van der Waals surface area contributed by atoms with Gasteiger partial charge < -0.3 is 19.5 Å². The lowest BCUT2D eigenvalue weighted by Gasteiger charge is -2.37. The van der Waals surface area contributed by atoms with Crippen LogP contribution in [0.25, 0.3) is 0 Å². The molecule has 1 aliphatic rings. The monoisotopic (exact) mass is 304 g/mol. The maximum Gasteiger partial charge on any atom is 0.270 e. The first-order valence-electron chi connectivity index (χ1n) is 7.72. The van der Waals surface area contributed by atoms with Gasteiger partial charge in [0.15, 0.2) is 0 Å². The highest BCUT2D eigenvalue weighted by Crippen LogP contribution is 2.19. The lowest BCUT2D eigenvalue weighted by molar-refractivity contribution is 0.0559. The smallest absolute Gasteiger partial charge is 0.270 e. The molecule has 1 saturated heterocycles. The van der Waals surface area contributed by atoms with Gasteiger partial charge in [0.05, 0.1) is 5.56 Å². The summed E-state index contributed by atoms with van der Waals surface area (Å²) in [7, 11) is 3.78. The number of piperidine rings is 1. The molecule has 1 aromatic heterocycles. The largest absolute Gasteiger partial charge is 0.385 e. The Morgan fingerprint density at radius 3 is 2.86 bits per heavy atom. The molecule has 0 saturated carbocycles. The molecule has 0 aliphatic carbocycles. The van der Waals surface area contributed by atoms with Crippen LogP contribution < -0.4 is 0 Å². The van der Waals surface area contributed by atoms with Crippen LogP contribution in [0.2, 0.25) is 0 Å². The van der Waals surface area contributed by atoms with E-state index >= 15 is 0 Å². The molecule has 1 amide bonds. The van der Waals surface area contributed by atoms with Gasteiger partial charge in [-0.05, 0) is 45.5 Å². The van der Waals surface area contributed by atoms with Crippen LogP contribution >= 0.6 is 0 Å². The molecule has 120 valence electrons. The minimum Gasteiger partial charge on any atom is -0.385 e. The fourth-order valence-electron chi connectivity index (χ4n) is 2.87. The number of rotatable bonds is 6. The first kappa shape index (κ1) is 16.5. The molecule has 2 heterocycles. The number of likely N-dealkylation sites (tertiary alicyclic amines) is 1. The Kier molecular flexibility index (Phi) is 5.99. The van der Waals surface area contributed by atoms with Gasteiger partial charge in [0.2, 0.25) is 0 Å². The average molecular weight is 304 g/mol. The summed E-state index contributed by atoms with van der Waals surface area (Å²) in [6.07, 6.45) is 4.37. The van der Waals surface area contributed by atoms with Crippen molar-refractivity contribution in [2.24, 2.45) is 0 Å². The lowest BCUT2D eigenvalue weighted by Crippen LogP contribution is -2.47. The highest BCUT2D eigenvalue weighted by atomic mass is 16.5. The predicted molar refractivity (Wildman–Crippen MR) is 83.6 cm³/mol. The average Bonchev–Trinajstić information content (AvgIpc) is 3.01. The van der Waals surface area contributed by atoms with Crippen LogP contribution in [0.15, 0.2) is 12.3 Å². The molecule has 1 aromatic rings. The molecule has 2 rings (SSSR count). The summed E-state index contributed by atoms with van der Waals surface area (Å²) >= 11 is 0. The van der Waals surface area contributed by atoms with Crippen molar-refractivity contribution in [2.45, 2.75) is 25.3 Å². The number of hydrogen-bond donors (Lipinski definition) is 1. The van der Waals surface area contributed by atoms with Crippen molar-refractivity contribution >= 4 is 5.91 Å². The van der Waals surface area contributed by atoms with E-state index in [1.165, 1.54) is 0 Å². The third-order valence-corrected chi connectivity index (χ3v) is 4.18. The van der Waals surface area contributed by atoms with E-state index in [4.69, 9.17) is 10.00 Å². The summed E-state index contributed by atoms with van der Waals surface area (Å²) in [6.45, 7) is 3.34. The Labute approximate surface area is 131 Å². The second-order valence-electron chi connectivity index (χ2n) is 5.79. The second kappa shape index (κ2) is 7.97. The molecule has 6 nitrogen and oxygen atoms in total. The van der Waals surface area contributed by atoms with Crippen molar-refractivity contribution < 1.29 is 9.53 Å². The second-order valence-corrected chi connectivity index (χ2v) is 5.79. The number of hydrogen-bond acceptors (Lipinski definition) is 4. The summed E-state index contributed by atoms with van der Waals surface area (Å²) in [4.78, 5) is 19.9. The van der Waals surface area contributed by atoms with Gasteiger partial charge in [-0.15, -0.1) is 0 Å². The molecule has 0 radical (unpaired) electrons. The number of aromatic amines is 1. The maximum atomic E-state index is 12.8. The Hall–Kier alpha value is -1.84. The van der Waals surface area contributed by atoms with Crippen molar-refractivity contribution in [1.29, 1.82) is 5.26 Å². The zero-order chi connectivity index (χ0) is 15.9. The normalized spacial score (nSPS) is 16.4. The minimum absolute atomic E-state index is 0.0212. The number of nitriles is 1. The van der Waals surface area contributed by atoms with E-state index in [-0.39, 0.29) is 11.9 Å². The number of methoxy groups -OCH3 is 1. The van der Waals surface area contributed by atoms with Gasteiger partial charge in [0.1, 0.15) is 11.8 Å². The highest BCUT2D eigenvalue weighted by molar-refractivity contribution is 5.93. The first-order chi connectivity index (χ1) is 10.7. The Morgan fingerprint density at radius 1 is 1.55 bits per heavy atom. The molecule has 0 aromatic carbocycles. The Balaban J connectivity index is 2.08. The molecule has 6 heteroatoms. The van der Waals surface area contributed by atoms with E-state index in [0.717, 1.165) is 32.4 Å². The zero-order valence-corrected chi connectivity index (χ0v) is 13.3. The molecule has 0 spiro atoms. The van der Waals surface area contributed by atoms with Crippen molar-refractivity contribution in [3.8, 4) is 6.07 Å². The fourth-order valence-corrected chi connectivity index (χ4v) is 2.87. The molecule has 0 unspecified atom stereocenters. The molecule has 22 heavy (non-hydrogen) atoms. The Bertz CT molecular complexity index is 526. The van der Waals surface area contributed by atoms with Crippen LogP contribution in [0, 0.1) is 11.3 Å². The van der Waals surface area contributed by atoms with Gasteiger partial charge in [-0.1, -0.05) is 0 Å². The third kappa shape index (κ3) is 4.09. The van der Waals surface area contributed by atoms with E-state index < -0.39 is 0 Å². The summed E-state index contributed by atoms with van der Waals surface area (Å²) in [5.41, 5.74) is 0.983. The number of amides is 1. The number of aromatic nitrogens is 1. The number of carbonyl (C=O) groups is 1. The van der Waals surface area contributed by atoms with Crippen molar-refractivity contribution in [2.75, 3.05) is 40.4 Å². The minimum atomic E-state index is -0.0212. The highest BCUT2D eigenvalue weighted by Gasteiger charge is 2.28. The molecular formula is C16H24N4O2. The lowest BCUT2D eigenvalue weighted by atomic mass is 10.0. The first-order valence-corrected chi connectivity index (χ1v) is 7.72. The van der Waals surface area contributed by atoms with Gasteiger partial charge in [-0.3, -0.25) is 4.79 Å². The summed E-state index contributed by atoms with van der Waals surface area (Å²) in [6, 6.07) is 3.93. The van der Waals surface area contributed by atoms with Crippen LogP contribution in [0.3, 0.4) is 0 Å². The molecular weight excluding hydrogens is 280 g/mol. The number of H-pyrrole nitrogens is 1. The van der Waals surface area contributed by atoms with Crippen LogP contribution in [0.5, 0.6) is 0 Å². The SMILES string of the molecule is COCCCN(C(=O)c1cc(C#N)c[nH]1)C1CCN(C)CC1. The number of nitrogens with one attached hydrogen (secondary N) is 1. The number of carbonyl (C=O) groups excluding carboxylic acids is 1. The quantitative estimate of drug-likeness (QED) is 0.808. The van der Waals surface area contributed by atoms with Crippen LogP contribution in [-0.2, 0) is 4.74 Å². The summed E-state index contributed by atoms with van der Waals surface area (Å²) < 4.78 is 5.11. The topological polar surface area (TPSA) is 72.4 Å². The number of ether oxygens (including phenoxy) is 1. The van der Waals surface area contributed by atoms with Gasteiger partial charge in [-0.25, -0.2) is 0 Å². The molecule has 0 bridgehead atoms. The van der Waals surface area contributed by atoms with E-state index in [2.05, 4.69) is 23.0 Å². The van der Waals surface area contributed by atoms with Gasteiger partial charge >= 0.3 is 0 Å². The fraction of sp³-hybridized carbons (Fsp3) is 0.625. The summed E-state index contributed by atoms with van der Waals surface area (Å²) in [5.74, 6) is -0.0212. The van der Waals surface area contributed by atoms with Crippen molar-refractivity contribution in [3.05, 3.63) is 23.5 Å². The molecule has 0 atom stereocenters. The molecule has 1 fully saturated rings.